The normalized spacial score (nSPS) is 14.7. The van der Waals surface area contributed by atoms with E-state index in [1.165, 1.54) is 6.42 Å². The molecule has 0 atom stereocenters. The molecule has 1 amide bonds. The van der Waals surface area contributed by atoms with Gasteiger partial charge in [0.05, 0.1) is 16.6 Å². The van der Waals surface area contributed by atoms with Gasteiger partial charge in [-0.2, -0.15) is 0 Å². The van der Waals surface area contributed by atoms with E-state index in [1.54, 1.807) is 30.1 Å². The van der Waals surface area contributed by atoms with Crippen molar-refractivity contribution in [1.82, 2.24) is 14.9 Å². The maximum Gasteiger partial charge on any atom is 0.338 e. The molecule has 6 heteroatoms. The van der Waals surface area contributed by atoms with Gasteiger partial charge < -0.3 is 14.6 Å². The first-order valence-corrected chi connectivity index (χ1v) is 10.1. The molecule has 1 fully saturated rings. The second kappa shape index (κ2) is 8.47. The van der Waals surface area contributed by atoms with E-state index in [-0.39, 0.29) is 18.6 Å². The molecule has 2 aromatic carbocycles. The Bertz CT molecular complexity index is 1010. The third-order valence-electron chi connectivity index (χ3n) is 5.61. The maximum atomic E-state index is 12.4. The second-order valence-electron chi connectivity index (χ2n) is 7.56. The van der Waals surface area contributed by atoms with Crippen molar-refractivity contribution in [2.45, 2.75) is 38.1 Å². The number of hydrogen-bond acceptors (Lipinski definition) is 4. The molecule has 1 aliphatic carbocycles. The fourth-order valence-corrected chi connectivity index (χ4v) is 3.85. The first-order chi connectivity index (χ1) is 14.1. The van der Waals surface area contributed by atoms with E-state index >= 15 is 0 Å². The smallest absolute Gasteiger partial charge is 0.338 e. The first kappa shape index (κ1) is 19.2. The van der Waals surface area contributed by atoms with Crippen molar-refractivity contribution in [1.29, 1.82) is 0 Å². The molecule has 0 aliphatic heterocycles. The average molecular weight is 391 g/mol. The predicted octanol–water partition coefficient (Wildman–Crippen LogP) is 4.18. The number of imidazole rings is 1. The van der Waals surface area contributed by atoms with Gasteiger partial charge >= 0.3 is 5.97 Å². The molecule has 1 saturated carbocycles. The third kappa shape index (κ3) is 4.31. The van der Waals surface area contributed by atoms with Crippen LogP contribution in [0.4, 0.5) is 0 Å². The zero-order valence-electron chi connectivity index (χ0n) is 16.6. The molecule has 0 spiro atoms. The number of esters is 1. The minimum Gasteiger partial charge on any atom is -0.452 e. The van der Waals surface area contributed by atoms with Crippen molar-refractivity contribution in [3.05, 3.63) is 54.1 Å². The van der Waals surface area contributed by atoms with E-state index in [4.69, 9.17) is 4.74 Å². The number of nitrogens with zero attached hydrogens (tertiary/aromatic N) is 2. The molecule has 0 radical (unpaired) electrons. The number of carbonyl (C=O) groups excluding carboxylic acids is 2. The van der Waals surface area contributed by atoms with Crippen LogP contribution < -0.4 is 0 Å². The zero-order valence-corrected chi connectivity index (χ0v) is 16.6. The number of aromatic amines is 1. The Hall–Kier alpha value is -3.15. The summed E-state index contributed by atoms with van der Waals surface area (Å²) in [5.74, 6) is 0.0859. The zero-order chi connectivity index (χ0) is 20.2. The third-order valence-corrected chi connectivity index (χ3v) is 5.61. The van der Waals surface area contributed by atoms with Crippen LogP contribution in [0.3, 0.4) is 0 Å². The molecule has 1 heterocycles. The minimum atomic E-state index is -0.506. The van der Waals surface area contributed by atoms with E-state index in [1.807, 2.05) is 30.3 Å². The Morgan fingerprint density at radius 2 is 1.86 bits per heavy atom. The van der Waals surface area contributed by atoms with Crippen LogP contribution in [0, 0.1) is 0 Å². The molecule has 4 rings (SSSR count). The number of hydrogen-bond donors (Lipinski definition) is 1. The SMILES string of the molecule is CN(C(=O)COC(=O)c1ccc2nc(-c3ccccc3)[nH]c2c1)C1CCCCC1. The summed E-state index contributed by atoms with van der Waals surface area (Å²) in [5.41, 5.74) is 2.90. The summed E-state index contributed by atoms with van der Waals surface area (Å²) in [7, 11) is 1.80. The minimum absolute atomic E-state index is 0.153. The average Bonchev–Trinajstić information content (AvgIpc) is 3.21. The number of fused-ring (bicyclic) bond motifs is 1. The molecule has 1 aliphatic rings. The second-order valence-corrected chi connectivity index (χ2v) is 7.56. The van der Waals surface area contributed by atoms with Gasteiger partial charge in [0, 0.05) is 18.7 Å². The van der Waals surface area contributed by atoms with Crippen LogP contribution in [0.2, 0.25) is 0 Å². The number of ether oxygens (including phenoxy) is 1. The van der Waals surface area contributed by atoms with E-state index in [0.29, 0.717) is 5.56 Å². The summed E-state index contributed by atoms with van der Waals surface area (Å²) in [6.45, 7) is -0.234. The van der Waals surface area contributed by atoms with Gasteiger partial charge in [-0.05, 0) is 31.0 Å². The Labute approximate surface area is 169 Å². The lowest BCUT2D eigenvalue weighted by atomic mass is 9.94. The molecular formula is C23H25N3O3. The highest BCUT2D eigenvalue weighted by atomic mass is 16.5. The highest BCUT2D eigenvalue weighted by Crippen LogP contribution is 2.23. The van der Waals surface area contributed by atoms with Crippen LogP contribution in [0.1, 0.15) is 42.5 Å². The van der Waals surface area contributed by atoms with Crippen LogP contribution in [-0.2, 0) is 9.53 Å². The molecule has 0 bridgehead atoms. The summed E-state index contributed by atoms with van der Waals surface area (Å²) >= 11 is 0. The molecule has 0 saturated heterocycles. The first-order valence-electron chi connectivity index (χ1n) is 10.1. The summed E-state index contributed by atoms with van der Waals surface area (Å²) in [5, 5.41) is 0. The van der Waals surface area contributed by atoms with Crippen LogP contribution >= 0.6 is 0 Å². The van der Waals surface area contributed by atoms with Gasteiger partial charge in [-0.1, -0.05) is 49.6 Å². The lowest BCUT2D eigenvalue weighted by molar-refractivity contribution is -0.135. The largest absolute Gasteiger partial charge is 0.452 e. The quantitative estimate of drug-likeness (QED) is 0.662. The number of nitrogens with one attached hydrogen (secondary N) is 1. The Kier molecular flexibility index (Phi) is 5.60. The lowest BCUT2D eigenvalue weighted by Gasteiger charge is -2.31. The van der Waals surface area contributed by atoms with Crippen LogP contribution in [0.25, 0.3) is 22.4 Å². The Morgan fingerprint density at radius 3 is 2.62 bits per heavy atom. The molecule has 29 heavy (non-hydrogen) atoms. The van der Waals surface area contributed by atoms with E-state index in [9.17, 15) is 9.59 Å². The number of rotatable bonds is 5. The predicted molar refractivity (Wildman–Crippen MR) is 111 cm³/mol. The number of carbonyl (C=O) groups is 2. The van der Waals surface area contributed by atoms with Gasteiger partial charge in [0.2, 0.25) is 0 Å². The number of aromatic nitrogens is 2. The van der Waals surface area contributed by atoms with Crippen LogP contribution in [0.15, 0.2) is 48.5 Å². The molecule has 6 nitrogen and oxygen atoms in total. The molecule has 150 valence electrons. The van der Waals surface area contributed by atoms with Crippen molar-refractivity contribution in [2.24, 2.45) is 0 Å². The summed E-state index contributed by atoms with van der Waals surface area (Å²) in [4.78, 5) is 34.4. The topological polar surface area (TPSA) is 75.3 Å². The standard InChI is InChI=1S/C23H25N3O3/c1-26(18-10-6-3-7-11-18)21(27)15-29-23(28)17-12-13-19-20(14-17)25-22(24-19)16-8-4-2-5-9-16/h2,4-5,8-9,12-14,18H,3,6-7,10-11,15H2,1H3,(H,24,25). The van der Waals surface area contributed by atoms with Crippen molar-refractivity contribution in [2.75, 3.05) is 13.7 Å². The van der Waals surface area contributed by atoms with Gasteiger partial charge in [-0.25, -0.2) is 9.78 Å². The fraction of sp³-hybridized carbons (Fsp3) is 0.348. The molecular weight excluding hydrogens is 366 g/mol. The molecule has 1 aromatic heterocycles. The maximum absolute atomic E-state index is 12.4. The summed E-state index contributed by atoms with van der Waals surface area (Å²) in [6.07, 6.45) is 5.58. The Morgan fingerprint density at radius 1 is 1.10 bits per heavy atom. The number of benzene rings is 2. The molecule has 3 aromatic rings. The highest BCUT2D eigenvalue weighted by molar-refractivity contribution is 5.95. The van der Waals surface area contributed by atoms with Gasteiger partial charge in [-0.15, -0.1) is 0 Å². The van der Waals surface area contributed by atoms with Crippen molar-refractivity contribution in [3.8, 4) is 11.4 Å². The number of likely N-dealkylation sites (N-methyl/N-ethyl adjacent to an activating group) is 1. The molecule has 1 N–H and O–H groups in total. The lowest BCUT2D eigenvalue weighted by Crippen LogP contribution is -2.40. The van der Waals surface area contributed by atoms with Crippen LogP contribution in [0.5, 0.6) is 0 Å². The van der Waals surface area contributed by atoms with Gasteiger partial charge in [0.15, 0.2) is 6.61 Å². The Balaban J connectivity index is 1.41. The van der Waals surface area contributed by atoms with Crippen molar-refractivity contribution in [3.63, 3.8) is 0 Å². The van der Waals surface area contributed by atoms with Gasteiger partial charge in [0.1, 0.15) is 5.82 Å². The van der Waals surface area contributed by atoms with Crippen molar-refractivity contribution < 1.29 is 14.3 Å². The summed E-state index contributed by atoms with van der Waals surface area (Å²) in [6, 6.07) is 15.2. The van der Waals surface area contributed by atoms with Gasteiger partial charge in [-0.3, -0.25) is 4.79 Å². The van der Waals surface area contributed by atoms with Gasteiger partial charge in [0.25, 0.3) is 5.91 Å². The highest BCUT2D eigenvalue weighted by Gasteiger charge is 2.23. The van der Waals surface area contributed by atoms with Crippen molar-refractivity contribution >= 4 is 22.9 Å². The number of H-pyrrole nitrogens is 1. The summed E-state index contributed by atoms with van der Waals surface area (Å²) < 4.78 is 5.28. The monoisotopic (exact) mass is 391 g/mol. The van der Waals surface area contributed by atoms with E-state index in [0.717, 1.165) is 48.1 Å². The number of amides is 1. The van der Waals surface area contributed by atoms with Crippen LogP contribution in [-0.4, -0.2) is 46.4 Å². The fourth-order valence-electron chi connectivity index (χ4n) is 3.85. The molecule has 0 unspecified atom stereocenters. The van der Waals surface area contributed by atoms with E-state index < -0.39 is 5.97 Å². The van der Waals surface area contributed by atoms with E-state index in [2.05, 4.69) is 9.97 Å².